The van der Waals surface area contributed by atoms with Crippen molar-refractivity contribution in [2.24, 2.45) is 5.92 Å². The highest BCUT2D eigenvalue weighted by atomic mass is 35.5. The van der Waals surface area contributed by atoms with Gasteiger partial charge >= 0.3 is 5.97 Å². The zero-order chi connectivity index (χ0) is 15.6. The molecule has 1 amide bonds. The Morgan fingerprint density at radius 2 is 2.04 bits per heavy atom. The monoisotopic (exact) mass is 380 g/mol. The summed E-state index contributed by atoms with van der Waals surface area (Å²) in [5.74, 6) is -1.39. The topological polar surface area (TPSA) is 70.5 Å². The van der Waals surface area contributed by atoms with Gasteiger partial charge in [0.1, 0.15) is 0 Å². The van der Waals surface area contributed by atoms with E-state index in [4.69, 9.17) is 5.11 Å². The number of likely N-dealkylation sites (tertiary alicyclic amines) is 1. The minimum atomic E-state index is -0.827. The van der Waals surface area contributed by atoms with Crippen LogP contribution in [0.15, 0.2) is 12.3 Å². The number of nitrogens with zero attached hydrogens (tertiary/aromatic N) is 2. The third-order valence-electron chi connectivity index (χ3n) is 3.40. The molecule has 1 aromatic heterocycles. The van der Waals surface area contributed by atoms with E-state index in [0.29, 0.717) is 19.5 Å². The number of thiazole rings is 1. The van der Waals surface area contributed by atoms with E-state index >= 15 is 0 Å². The molecule has 1 aliphatic rings. The van der Waals surface area contributed by atoms with Gasteiger partial charge in [-0.05, 0) is 12.5 Å². The predicted molar refractivity (Wildman–Crippen MR) is 96.7 cm³/mol. The van der Waals surface area contributed by atoms with Gasteiger partial charge in [0.15, 0.2) is 0 Å². The van der Waals surface area contributed by atoms with Gasteiger partial charge in [0, 0.05) is 35.7 Å². The molecule has 8 heteroatoms. The normalized spacial score (nSPS) is 17.7. The fourth-order valence-electron chi connectivity index (χ4n) is 2.13. The van der Waals surface area contributed by atoms with Crippen LogP contribution in [0.25, 0.3) is 6.08 Å². The fourth-order valence-corrected chi connectivity index (χ4v) is 3.01. The molecule has 1 unspecified atom stereocenters. The van der Waals surface area contributed by atoms with Crippen LogP contribution in [0, 0.1) is 5.92 Å². The number of aromatic nitrogens is 1. The highest BCUT2D eigenvalue weighted by Crippen LogP contribution is 2.27. The summed E-state index contributed by atoms with van der Waals surface area (Å²) in [6.07, 6.45) is 5.55. The quantitative estimate of drug-likeness (QED) is 0.817. The van der Waals surface area contributed by atoms with Crippen LogP contribution in [0.5, 0.6) is 0 Å². The molecule has 1 aromatic rings. The minimum absolute atomic E-state index is 0. The molecule has 2 heterocycles. The summed E-state index contributed by atoms with van der Waals surface area (Å²) in [6.45, 7) is 7.10. The number of hydrogen-bond acceptors (Lipinski definition) is 4. The van der Waals surface area contributed by atoms with Crippen molar-refractivity contribution >= 4 is 54.1 Å². The fraction of sp³-hybridized carbons (Fsp3) is 0.533. The molecule has 5 nitrogen and oxygen atoms in total. The second-order valence-electron chi connectivity index (χ2n) is 6.26. The maximum atomic E-state index is 12.0. The van der Waals surface area contributed by atoms with E-state index < -0.39 is 11.9 Å². The van der Waals surface area contributed by atoms with Crippen LogP contribution in [0.4, 0.5) is 0 Å². The van der Waals surface area contributed by atoms with Crippen LogP contribution in [0.1, 0.15) is 37.1 Å². The van der Waals surface area contributed by atoms with E-state index in [0.717, 1.165) is 9.88 Å². The van der Waals surface area contributed by atoms with Crippen molar-refractivity contribution in [3.05, 3.63) is 22.2 Å². The summed E-state index contributed by atoms with van der Waals surface area (Å²) in [4.78, 5) is 29.8. The Labute approximate surface area is 152 Å². The molecule has 1 fully saturated rings. The van der Waals surface area contributed by atoms with Gasteiger partial charge in [-0.1, -0.05) is 20.8 Å². The maximum Gasteiger partial charge on any atom is 0.308 e. The number of carboxylic acids is 1. The molecule has 0 aliphatic carbocycles. The molecule has 1 atom stereocenters. The summed E-state index contributed by atoms with van der Waals surface area (Å²) >= 11 is 1.57. The molecular weight excluding hydrogens is 359 g/mol. The molecule has 0 saturated carbocycles. The van der Waals surface area contributed by atoms with E-state index in [9.17, 15) is 9.59 Å². The predicted octanol–water partition coefficient (Wildman–Crippen LogP) is 3.23. The van der Waals surface area contributed by atoms with Crippen molar-refractivity contribution in [1.29, 1.82) is 0 Å². The molecule has 0 bridgehead atoms. The van der Waals surface area contributed by atoms with Crippen molar-refractivity contribution in [3.8, 4) is 0 Å². The Bertz CT molecular complexity index is 582. The van der Waals surface area contributed by atoms with Crippen molar-refractivity contribution in [2.45, 2.75) is 32.6 Å². The Morgan fingerprint density at radius 1 is 1.39 bits per heavy atom. The van der Waals surface area contributed by atoms with E-state index in [2.05, 4.69) is 25.8 Å². The Kier molecular flexibility index (Phi) is 8.24. The zero-order valence-corrected chi connectivity index (χ0v) is 15.8. The van der Waals surface area contributed by atoms with Gasteiger partial charge in [-0.25, -0.2) is 4.98 Å². The lowest BCUT2D eigenvalue weighted by Crippen LogP contribution is -2.28. The summed E-state index contributed by atoms with van der Waals surface area (Å²) in [5.41, 5.74) is 0.00439. The first-order valence-corrected chi connectivity index (χ1v) is 7.75. The van der Waals surface area contributed by atoms with Gasteiger partial charge in [-0.15, -0.1) is 36.2 Å². The van der Waals surface area contributed by atoms with Gasteiger partial charge < -0.3 is 10.0 Å². The van der Waals surface area contributed by atoms with Gasteiger partial charge in [0.25, 0.3) is 0 Å². The van der Waals surface area contributed by atoms with E-state index in [-0.39, 0.29) is 36.1 Å². The van der Waals surface area contributed by atoms with Gasteiger partial charge in [-0.2, -0.15) is 0 Å². The van der Waals surface area contributed by atoms with E-state index in [1.54, 1.807) is 28.5 Å². The lowest BCUT2D eigenvalue weighted by atomic mass is 9.98. The summed E-state index contributed by atoms with van der Waals surface area (Å²) in [7, 11) is 0. The number of rotatable bonds is 3. The van der Waals surface area contributed by atoms with Crippen LogP contribution in [-0.4, -0.2) is 40.0 Å². The van der Waals surface area contributed by atoms with Crippen LogP contribution in [0.3, 0.4) is 0 Å². The van der Waals surface area contributed by atoms with E-state index in [1.807, 2.05) is 0 Å². The lowest BCUT2D eigenvalue weighted by Gasteiger charge is -2.13. The number of carboxylic acid groups (broad SMARTS) is 1. The molecular formula is C15H22Cl2N2O3S. The average Bonchev–Trinajstić information content (AvgIpc) is 3.04. The first kappa shape index (κ1) is 21.9. The largest absolute Gasteiger partial charge is 0.481 e. The summed E-state index contributed by atoms with van der Waals surface area (Å²) in [5, 5.41) is 9.97. The average molecular weight is 381 g/mol. The molecule has 130 valence electrons. The second-order valence-corrected chi connectivity index (χ2v) is 7.32. The molecule has 1 aliphatic heterocycles. The van der Waals surface area contributed by atoms with Crippen molar-refractivity contribution in [1.82, 2.24) is 9.88 Å². The maximum absolute atomic E-state index is 12.0. The first-order chi connectivity index (χ1) is 9.77. The number of carbonyl (C=O) groups is 2. The van der Waals surface area contributed by atoms with Gasteiger partial charge in [0.2, 0.25) is 5.91 Å². The third-order valence-corrected chi connectivity index (χ3v) is 4.79. The number of carbonyl (C=O) groups excluding carboxylic acids is 1. The van der Waals surface area contributed by atoms with Gasteiger partial charge in [-0.3, -0.25) is 9.59 Å². The van der Waals surface area contributed by atoms with Crippen LogP contribution < -0.4 is 0 Å². The minimum Gasteiger partial charge on any atom is -0.481 e. The molecule has 1 N–H and O–H groups in total. The molecule has 0 radical (unpaired) electrons. The zero-order valence-electron chi connectivity index (χ0n) is 13.3. The van der Waals surface area contributed by atoms with Crippen molar-refractivity contribution < 1.29 is 14.7 Å². The van der Waals surface area contributed by atoms with Crippen LogP contribution >= 0.6 is 36.2 Å². The summed E-state index contributed by atoms with van der Waals surface area (Å²) < 4.78 is 0. The molecule has 0 spiro atoms. The van der Waals surface area contributed by atoms with Gasteiger partial charge in [0.05, 0.1) is 10.9 Å². The standard InChI is InChI=1S/C15H20N2O3S.2ClH/c1-15(2,3)14-16-8-11(21-14)4-5-12(18)17-7-6-10(9-17)13(19)20;;/h4-5,8,10H,6-7,9H2,1-3H3,(H,19,20);2*1H. The van der Waals surface area contributed by atoms with Crippen LogP contribution in [-0.2, 0) is 15.0 Å². The smallest absolute Gasteiger partial charge is 0.308 e. The second kappa shape index (κ2) is 8.66. The number of aliphatic carboxylic acids is 1. The molecule has 0 aromatic carbocycles. The highest BCUT2D eigenvalue weighted by Gasteiger charge is 2.29. The number of hydrogen-bond donors (Lipinski definition) is 1. The van der Waals surface area contributed by atoms with Crippen molar-refractivity contribution in [3.63, 3.8) is 0 Å². The lowest BCUT2D eigenvalue weighted by molar-refractivity contribution is -0.141. The Balaban J connectivity index is 0.00000242. The SMILES string of the molecule is CC(C)(C)c1ncc(C=CC(=O)N2CCC(C(=O)O)C2)s1.Cl.Cl. The number of halogens is 2. The molecule has 1 saturated heterocycles. The number of amides is 1. The van der Waals surface area contributed by atoms with E-state index in [1.165, 1.54) is 6.08 Å². The summed E-state index contributed by atoms with van der Waals surface area (Å²) in [6, 6.07) is 0. The highest BCUT2D eigenvalue weighted by molar-refractivity contribution is 7.12. The van der Waals surface area contributed by atoms with Crippen LogP contribution in [0.2, 0.25) is 0 Å². The molecule has 2 rings (SSSR count). The van der Waals surface area contributed by atoms with Crippen molar-refractivity contribution in [2.75, 3.05) is 13.1 Å². The third kappa shape index (κ3) is 5.79. The Hall–Kier alpha value is -1.11. The molecule has 23 heavy (non-hydrogen) atoms. The first-order valence-electron chi connectivity index (χ1n) is 6.93. The Morgan fingerprint density at radius 3 is 2.52 bits per heavy atom.